The van der Waals surface area contributed by atoms with Crippen LogP contribution in [0.25, 0.3) is 0 Å². The second-order valence-electron chi connectivity index (χ2n) is 6.21. The van der Waals surface area contributed by atoms with Crippen molar-refractivity contribution in [1.29, 1.82) is 0 Å². The van der Waals surface area contributed by atoms with Crippen molar-refractivity contribution >= 4 is 17.5 Å². The van der Waals surface area contributed by atoms with Crippen LogP contribution in [0.4, 0.5) is 5.69 Å². The number of anilines is 1. The average molecular weight is 342 g/mol. The van der Waals surface area contributed by atoms with Crippen LogP contribution in [0.1, 0.15) is 30.1 Å². The van der Waals surface area contributed by atoms with Gasteiger partial charge in [0.1, 0.15) is 6.10 Å². The van der Waals surface area contributed by atoms with E-state index in [1.54, 1.807) is 36.8 Å². The van der Waals surface area contributed by atoms with E-state index >= 15 is 0 Å². The van der Waals surface area contributed by atoms with E-state index in [2.05, 4.69) is 15.6 Å². The molecule has 0 aliphatic carbocycles. The molecule has 1 aliphatic heterocycles. The summed E-state index contributed by atoms with van der Waals surface area (Å²) in [5.74, 6) is -0.343. The lowest BCUT2D eigenvalue weighted by Crippen LogP contribution is -2.35. The highest BCUT2D eigenvalue weighted by Gasteiger charge is 2.23. The Hall–Kier alpha value is -2.67. The fraction of sp³-hybridized carbons (Fsp3) is 0.389. The van der Waals surface area contributed by atoms with E-state index in [1.165, 1.54) is 0 Å². The molecule has 1 saturated heterocycles. The number of aromatic nitrogens is 2. The molecule has 1 aliphatic rings. The number of carbonyl (C=O) groups is 2. The topological polar surface area (TPSA) is 85.3 Å². The molecule has 2 aromatic rings. The SMILES string of the molecule is CC(Cn1ccnc1)NC(=O)c1cccc(NC(=O)C2CCCO2)c1. The lowest BCUT2D eigenvalue weighted by Gasteiger charge is -2.15. The summed E-state index contributed by atoms with van der Waals surface area (Å²) in [7, 11) is 0. The van der Waals surface area contributed by atoms with Gasteiger partial charge in [-0.3, -0.25) is 9.59 Å². The quantitative estimate of drug-likeness (QED) is 0.838. The normalized spacial score (nSPS) is 17.9. The zero-order valence-corrected chi connectivity index (χ0v) is 14.1. The van der Waals surface area contributed by atoms with Gasteiger partial charge in [-0.05, 0) is 38.0 Å². The molecule has 0 bridgehead atoms. The van der Waals surface area contributed by atoms with Gasteiger partial charge in [-0.25, -0.2) is 4.98 Å². The molecule has 1 aromatic heterocycles. The largest absolute Gasteiger partial charge is 0.368 e. The molecule has 7 nitrogen and oxygen atoms in total. The first-order valence-electron chi connectivity index (χ1n) is 8.41. The van der Waals surface area contributed by atoms with Gasteiger partial charge in [-0.2, -0.15) is 0 Å². The number of nitrogens with zero attached hydrogens (tertiary/aromatic N) is 2. The molecule has 132 valence electrons. The molecule has 2 heterocycles. The number of rotatable bonds is 6. The van der Waals surface area contributed by atoms with E-state index in [1.807, 2.05) is 17.7 Å². The maximum Gasteiger partial charge on any atom is 0.253 e. The summed E-state index contributed by atoms with van der Waals surface area (Å²) in [6.45, 7) is 3.19. The minimum Gasteiger partial charge on any atom is -0.368 e. The van der Waals surface area contributed by atoms with Crippen LogP contribution in [-0.2, 0) is 16.1 Å². The number of carbonyl (C=O) groups excluding carboxylic acids is 2. The summed E-state index contributed by atoms with van der Waals surface area (Å²) in [4.78, 5) is 28.5. The van der Waals surface area contributed by atoms with Crippen molar-refractivity contribution in [2.75, 3.05) is 11.9 Å². The molecular weight excluding hydrogens is 320 g/mol. The first kappa shape index (κ1) is 17.2. The summed E-state index contributed by atoms with van der Waals surface area (Å²) in [5, 5.41) is 5.76. The Bertz CT molecular complexity index is 724. The van der Waals surface area contributed by atoms with Gasteiger partial charge < -0.3 is 19.9 Å². The van der Waals surface area contributed by atoms with Gasteiger partial charge in [0.05, 0.1) is 6.33 Å². The monoisotopic (exact) mass is 342 g/mol. The smallest absolute Gasteiger partial charge is 0.253 e. The van der Waals surface area contributed by atoms with Gasteiger partial charge in [0, 0.05) is 42.8 Å². The molecule has 3 rings (SSSR count). The second-order valence-corrected chi connectivity index (χ2v) is 6.21. The molecule has 25 heavy (non-hydrogen) atoms. The lowest BCUT2D eigenvalue weighted by atomic mass is 10.1. The maximum atomic E-state index is 12.4. The zero-order chi connectivity index (χ0) is 17.6. The van der Waals surface area contributed by atoms with E-state index in [0.717, 1.165) is 12.8 Å². The Labute approximate surface area is 146 Å². The van der Waals surface area contributed by atoms with Gasteiger partial charge in [-0.1, -0.05) is 6.07 Å². The highest BCUT2D eigenvalue weighted by atomic mass is 16.5. The van der Waals surface area contributed by atoms with Gasteiger partial charge in [-0.15, -0.1) is 0 Å². The summed E-state index contributed by atoms with van der Waals surface area (Å²) in [5.41, 5.74) is 1.10. The molecule has 2 atom stereocenters. The van der Waals surface area contributed by atoms with Crippen LogP contribution in [0, 0.1) is 0 Å². The Kier molecular flexibility index (Phi) is 5.45. The first-order chi connectivity index (χ1) is 12.1. The second kappa shape index (κ2) is 7.94. The fourth-order valence-corrected chi connectivity index (χ4v) is 2.81. The molecule has 7 heteroatoms. The molecule has 0 radical (unpaired) electrons. The molecular formula is C18H22N4O3. The van der Waals surface area contributed by atoms with Crippen molar-refractivity contribution in [1.82, 2.24) is 14.9 Å². The summed E-state index contributed by atoms with van der Waals surface area (Å²) < 4.78 is 7.27. The molecule has 0 saturated carbocycles. The van der Waals surface area contributed by atoms with Crippen molar-refractivity contribution in [2.24, 2.45) is 0 Å². The summed E-state index contributed by atoms with van der Waals surface area (Å²) >= 11 is 0. The standard InChI is InChI=1S/C18H22N4O3/c1-13(11-22-8-7-19-12-22)20-17(23)14-4-2-5-15(10-14)21-18(24)16-6-3-9-25-16/h2,4-5,7-8,10,12-13,16H,3,6,9,11H2,1H3,(H,20,23)(H,21,24). The molecule has 1 fully saturated rings. The molecule has 1 aromatic carbocycles. The minimum absolute atomic E-state index is 0.0492. The Balaban J connectivity index is 1.58. The highest BCUT2D eigenvalue weighted by molar-refractivity contribution is 5.98. The predicted molar refractivity (Wildman–Crippen MR) is 93.2 cm³/mol. The molecule has 2 N–H and O–H groups in total. The number of amides is 2. The Morgan fingerprint density at radius 1 is 1.44 bits per heavy atom. The number of ether oxygens (including phenoxy) is 1. The third-order valence-corrected chi connectivity index (χ3v) is 4.04. The predicted octanol–water partition coefficient (Wildman–Crippen LogP) is 1.82. The lowest BCUT2D eigenvalue weighted by molar-refractivity contribution is -0.124. The van der Waals surface area contributed by atoms with Crippen LogP contribution in [-0.4, -0.2) is 40.1 Å². The van der Waals surface area contributed by atoms with E-state index in [9.17, 15) is 9.59 Å². The number of nitrogens with one attached hydrogen (secondary N) is 2. The van der Waals surface area contributed by atoms with Crippen LogP contribution in [0.5, 0.6) is 0 Å². The molecule has 2 amide bonds. The Morgan fingerprint density at radius 2 is 2.32 bits per heavy atom. The van der Waals surface area contributed by atoms with E-state index in [4.69, 9.17) is 4.74 Å². The first-order valence-corrected chi connectivity index (χ1v) is 8.41. The fourth-order valence-electron chi connectivity index (χ4n) is 2.81. The molecule has 0 spiro atoms. The molecule has 2 unspecified atom stereocenters. The van der Waals surface area contributed by atoms with E-state index < -0.39 is 6.10 Å². The van der Waals surface area contributed by atoms with E-state index in [0.29, 0.717) is 24.4 Å². The number of imidazole rings is 1. The zero-order valence-electron chi connectivity index (χ0n) is 14.1. The van der Waals surface area contributed by atoms with Crippen molar-refractivity contribution in [3.8, 4) is 0 Å². The van der Waals surface area contributed by atoms with Crippen molar-refractivity contribution in [2.45, 2.75) is 38.5 Å². The minimum atomic E-state index is -0.396. The van der Waals surface area contributed by atoms with E-state index in [-0.39, 0.29) is 17.9 Å². The van der Waals surface area contributed by atoms with Gasteiger partial charge in [0.2, 0.25) is 0 Å². The Morgan fingerprint density at radius 3 is 3.04 bits per heavy atom. The van der Waals surface area contributed by atoms with Gasteiger partial charge >= 0.3 is 0 Å². The van der Waals surface area contributed by atoms with Crippen LogP contribution in [0.15, 0.2) is 43.0 Å². The third-order valence-electron chi connectivity index (χ3n) is 4.04. The van der Waals surface area contributed by atoms with Crippen LogP contribution in [0.3, 0.4) is 0 Å². The third kappa shape index (κ3) is 4.67. The number of benzene rings is 1. The number of hydrogen-bond donors (Lipinski definition) is 2. The van der Waals surface area contributed by atoms with Crippen molar-refractivity contribution < 1.29 is 14.3 Å². The van der Waals surface area contributed by atoms with Gasteiger partial charge in [0.25, 0.3) is 11.8 Å². The highest BCUT2D eigenvalue weighted by Crippen LogP contribution is 2.16. The van der Waals surface area contributed by atoms with Crippen molar-refractivity contribution in [3.05, 3.63) is 48.5 Å². The van der Waals surface area contributed by atoms with Crippen LogP contribution < -0.4 is 10.6 Å². The maximum absolute atomic E-state index is 12.4. The number of hydrogen-bond acceptors (Lipinski definition) is 4. The summed E-state index contributed by atoms with van der Waals surface area (Å²) in [6.07, 6.45) is 6.50. The van der Waals surface area contributed by atoms with Crippen LogP contribution >= 0.6 is 0 Å². The van der Waals surface area contributed by atoms with Crippen molar-refractivity contribution in [3.63, 3.8) is 0 Å². The summed E-state index contributed by atoms with van der Waals surface area (Å²) in [6, 6.07) is 6.86. The van der Waals surface area contributed by atoms with Crippen LogP contribution in [0.2, 0.25) is 0 Å². The van der Waals surface area contributed by atoms with Gasteiger partial charge in [0.15, 0.2) is 0 Å². The average Bonchev–Trinajstić information content (AvgIpc) is 3.28.